The molecule has 0 aliphatic carbocycles. The van der Waals surface area contributed by atoms with Crippen LogP contribution in [0.5, 0.6) is 0 Å². The lowest BCUT2D eigenvalue weighted by Crippen LogP contribution is -2.24. The highest BCUT2D eigenvalue weighted by Gasteiger charge is 2.14. The Morgan fingerprint density at radius 3 is 2.88 bits per heavy atom. The summed E-state index contributed by atoms with van der Waals surface area (Å²) in [5.41, 5.74) is 1.09. The van der Waals surface area contributed by atoms with E-state index >= 15 is 0 Å². The summed E-state index contributed by atoms with van der Waals surface area (Å²) in [6.45, 7) is 3.02. The fourth-order valence-electron chi connectivity index (χ4n) is 1.75. The van der Waals surface area contributed by atoms with Crippen molar-refractivity contribution in [3.05, 3.63) is 11.9 Å². The van der Waals surface area contributed by atoms with Crippen molar-refractivity contribution in [2.24, 2.45) is 0 Å². The zero-order valence-electron chi connectivity index (χ0n) is 10.2. The van der Waals surface area contributed by atoms with Crippen molar-refractivity contribution in [2.45, 2.75) is 12.2 Å². The number of rotatable bonds is 4. The number of hydrogen-bond acceptors (Lipinski definition) is 6. The summed E-state index contributed by atoms with van der Waals surface area (Å²) < 4.78 is 0. The van der Waals surface area contributed by atoms with Crippen molar-refractivity contribution in [1.82, 2.24) is 9.97 Å². The van der Waals surface area contributed by atoms with Crippen LogP contribution in [0.3, 0.4) is 0 Å². The Bertz CT molecular complexity index is 366. The van der Waals surface area contributed by atoms with Gasteiger partial charge >= 0.3 is 0 Å². The van der Waals surface area contributed by atoms with E-state index < -0.39 is 0 Å². The van der Waals surface area contributed by atoms with Gasteiger partial charge in [-0.1, -0.05) is 0 Å². The molecule has 4 nitrogen and oxygen atoms in total. The number of nitrogens with one attached hydrogen (secondary N) is 2. The molecule has 1 aliphatic heterocycles. The molecule has 0 saturated carbocycles. The molecule has 2 N–H and O–H groups in total. The minimum absolute atomic E-state index is 0.696. The van der Waals surface area contributed by atoms with Gasteiger partial charge in [0.2, 0.25) is 0 Å². The second-order valence-electron chi connectivity index (χ2n) is 3.89. The first-order chi connectivity index (χ1) is 8.31. The van der Waals surface area contributed by atoms with Crippen molar-refractivity contribution in [2.75, 3.05) is 41.5 Å². The first-order valence-electron chi connectivity index (χ1n) is 5.74. The maximum atomic E-state index is 4.29. The SMILES string of the molecule is CNc1ncnc(NCC2CSCCS2)c1C. The molecule has 1 aromatic heterocycles. The molecule has 0 spiro atoms. The van der Waals surface area contributed by atoms with E-state index in [1.165, 1.54) is 17.3 Å². The molecule has 17 heavy (non-hydrogen) atoms. The summed E-state index contributed by atoms with van der Waals surface area (Å²) in [4.78, 5) is 8.47. The van der Waals surface area contributed by atoms with Gasteiger partial charge in [0.1, 0.15) is 18.0 Å². The van der Waals surface area contributed by atoms with E-state index in [2.05, 4.69) is 32.4 Å². The lowest BCUT2D eigenvalue weighted by atomic mass is 10.3. The Hall–Kier alpha value is -0.620. The molecule has 94 valence electrons. The van der Waals surface area contributed by atoms with Crippen LogP contribution in [0.4, 0.5) is 11.6 Å². The summed E-state index contributed by atoms with van der Waals surface area (Å²) in [5, 5.41) is 7.20. The Balaban J connectivity index is 1.93. The van der Waals surface area contributed by atoms with Crippen LogP contribution in [0.25, 0.3) is 0 Å². The van der Waals surface area contributed by atoms with Crippen molar-refractivity contribution in [3.8, 4) is 0 Å². The van der Waals surface area contributed by atoms with E-state index in [4.69, 9.17) is 0 Å². The summed E-state index contributed by atoms with van der Waals surface area (Å²) in [6.07, 6.45) is 1.60. The predicted octanol–water partition coefficient (Wildman–Crippen LogP) is 2.09. The average molecular weight is 270 g/mol. The lowest BCUT2D eigenvalue weighted by molar-refractivity contribution is 0.981. The number of aromatic nitrogens is 2. The third-order valence-electron chi connectivity index (χ3n) is 2.70. The monoisotopic (exact) mass is 270 g/mol. The van der Waals surface area contributed by atoms with Crippen molar-refractivity contribution < 1.29 is 0 Å². The fourth-order valence-corrected chi connectivity index (χ4v) is 4.36. The molecule has 0 amide bonds. The van der Waals surface area contributed by atoms with Gasteiger partial charge in [-0.15, -0.1) is 0 Å². The van der Waals surface area contributed by atoms with Crippen LogP contribution in [0.15, 0.2) is 6.33 Å². The Kier molecular flexibility index (Phi) is 4.79. The van der Waals surface area contributed by atoms with Crippen molar-refractivity contribution in [1.29, 1.82) is 0 Å². The molecule has 1 aliphatic rings. The minimum Gasteiger partial charge on any atom is -0.373 e. The van der Waals surface area contributed by atoms with E-state index in [0.717, 1.165) is 23.7 Å². The molecule has 0 bridgehead atoms. The third-order valence-corrected chi connectivity index (χ3v) is 5.55. The molecule has 1 saturated heterocycles. The minimum atomic E-state index is 0.696. The van der Waals surface area contributed by atoms with Gasteiger partial charge in [-0.3, -0.25) is 0 Å². The highest BCUT2D eigenvalue weighted by molar-refractivity contribution is 8.06. The van der Waals surface area contributed by atoms with E-state index in [1.54, 1.807) is 6.33 Å². The Morgan fingerprint density at radius 1 is 1.35 bits per heavy atom. The molecular formula is C11H18N4S2. The van der Waals surface area contributed by atoms with Crippen LogP contribution >= 0.6 is 23.5 Å². The van der Waals surface area contributed by atoms with E-state index in [-0.39, 0.29) is 0 Å². The highest BCUT2D eigenvalue weighted by Crippen LogP contribution is 2.25. The van der Waals surface area contributed by atoms with Crippen molar-refractivity contribution in [3.63, 3.8) is 0 Å². The van der Waals surface area contributed by atoms with Crippen LogP contribution in [-0.4, -0.2) is 46.1 Å². The molecule has 2 heterocycles. The van der Waals surface area contributed by atoms with E-state index in [9.17, 15) is 0 Å². The topological polar surface area (TPSA) is 49.8 Å². The van der Waals surface area contributed by atoms with Gasteiger partial charge in [0.15, 0.2) is 0 Å². The maximum Gasteiger partial charge on any atom is 0.134 e. The number of anilines is 2. The summed E-state index contributed by atoms with van der Waals surface area (Å²) in [5.74, 6) is 5.63. The third kappa shape index (κ3) is 3.42. The maximum absolute atomic E-state index is 4.29. The van der Waals surface area contributed by atoms with E-state index in [1.807, 2.05) is 25.7 Å². The van der Waals surface area contributed by atoms with Crippen LogP contribution in [-0.2, 0) is 0 Å². The van der Waals surface area contributed by atoms with Crippen LogP contribution < -0.4 is 10.6 Å². The average Bonchev–Trinajstić information content (AvgIpc) is 2.39. The molecule has 6 heteroatoms. The normalized spacial score (nSPS) is 20.0. The van der Waals surface area contributed by atoms with Crippen LogP contribution in [0, 0.1) is 6.92 Å². The number of nitrogens with zero attached hydrogens (tertiary/aromatic N) is 2. The van der Waals surface area contributed by atoms with Gasteiger partial charge in [0.05, 0.1) is 0 Å². The zero-order chi connectivity index (χ0) is 12.1. The molecule has 1 fully saturated rings. The smallest absolute Gasteiger partial charge is 0.134 e. The van der Waals surface area contributed by atoms with Gasteiger partial charge < -0.3 is 10.6 Å². The second kappa shape index (κ2) is 6.35. The van der Waals surface area contributed by atoms with Gasteiger partial charge in [0, 0.05) is 41.7 Å². The zero-order valence-corrected chi connectivity index (χ0v) is 11.8. The Morgan fingerprint density at radius 2 is 2.18 bits per heavy atom. The molecule has 0 aromatic carbocycles. The van der Waals surface area contributed by atoms with Gasteiger partial charge in [-0.25, -0.2) is 9.97 Å². The van der Waals surface area contributed by atoms with Gasteiger partial charge in [-0.2, -0.15) is 23.5 Å². The predicted molar refractivity (Wildman–Crippen MR) is 78.4 cm³/mol. The lowest BCUT2D eigenvalue weighted by Gasteiger charge is -2.22. The standard InChI is InChI=1S/C11H18N4S2/c1-8-10(12-2)14-7-15-11(8)13-5-9-6-16-3-4-17-9/h7,9H,3-6H2,1-2H3,(H2,12,13,14,15). The Labute approximate surface area is 111 Å². The molecule has 1 aromatic rings. The number of thioether (sulfide) groups is 2. The summed E-state index contributed by atoms with van der Waals surface area (Å²) in [7, 11) is 1.88. The first kappa shape index (κ1) is 12.8. The molecule has 2 rings (SSSR count). The first-order valence-corrected chi connectivity index (χ1v) is 7.94. The molecule has 1 atom stereocenters. The van der Waals surface area contributed by atoms with Gasteiger partial charge in [-0.05, 0) is 6.92 Å². The van der Waals surface area contributed by atoms with Crippen LogP contribution in [0.1, 0.15) is 5.56 Å². The highest BCUT2D eigenvalue weighted by atomic mass is 32.2. The van der Waals surface area contributed by atoms with Gasteiger partial charge in [0.25, 0.3) is 0 Å². The quantitative estimate of drug-likeness (QED) is 0.874. The fraction of sp³-hybridized carbons (Fsp3) is 0.636. The second-order valence-corrected chi connectivity index (χ2v) is 6.45. The largest absolute Gasteiger partial charge is 0.373 e. The summed E-state index contributed by atoms with van der Waals surface area (Å²) >= 11 is 4.10. The van der Waals surface area contributed by atoms with E-state index in [0.29, 0.717) is 5.25 Å². The summed E-state index contributed by atoms with van der Waals surface area (Å²) in [6, 6.07) is 0. The van der Waals surface area contributed by atoms with Crippen molar-refractivity contribution >= 4 is 35.2 Å². The molecule has 0 radical (unpaired) electrons. The van der Waals surface area contributed by atoms with Crippen LogP contribution in [0.2, 0.25) is 0 Å². The molecular weight excluding hydrogens is 252 g/mol. The molecule has 1 unspecified atom stereocenters. The number of hydrogen-bond donors (Lipinski definition) is 2.